The number of carbonyl (C=O) groups is 2. The maximum absolute atomic E-state index is 13.9. The van der Waals surface area contributed by atoms with Crippen LogP contribution in [-0.4, -0.2) is 22.0 Å². The van der Waals surface area contributed by atoms with Gasteiger partial charge in [-0.1, -0.05) is 35.9 Å². The van der Waals surface area contributed by atoms with Crippen LogP contribution in [0.5, 0.6) is 0 Å². The molecule has 0 saturated heterocycles. The second kappa shape index (κ2) is 8.22. The van der Waals surface area contributed by atoms with E-state index in [1.807, 2.05) is 0 Å². The maximum atomic E-state index is 13.9. The highest BCUT2D eigenvalue weighted by Gasteiger charge is 2.24. The van der Waals surface area contributed by atoms with Crippen LogP contribution in [0.25, 0.3) is 11.5 Å². The number of oxazole rings is 1. The molecule has 0 fully saturated rings. The number of nitrogens with zero attached hydrogens (tertiary/aromatic N) is 1. The second-order valence-corrected chi connectivity index (χ2v) is 6.52. The molecule has 3 rings (SSSR count). The molecule has 0 spiro atoms. The third-order valence-electron chi connectivity index (χ3n) is 4.07. The van der Waals surface area contributed by atoms with Gasteiger partial charge >= 0.3 is 5.97 Å². The summed E-state index contributed by atoms with van der Waals surface area (Å²) in [5, 5.41) is 12.3. The number of carboxylic acids is 1. The lowest BCUT2D eigenvalue weighted by Crippen LogP contribution is -2.30. The predicted molar refractivity (Wildman–Crippen MR) is 101 cm³/mol. The summed E-state index contributed by atoms with van der Waals surface area (Å²) in [5.41, 5.74) is 0.669. The molecule has 0 radical (unpaired) electrons. The standard InChI is InChI=1S/C20H16ClFN2O4/c1-11-18(24-20(28-11)14-4-2-3-5-15(14)22)19(27)23-16(10-17(25)26)12-6-8-13(21)9-7-12/h2-9,16H,10H2,1H3,(H,23,27)(H,25,26). The zero-order chi connectivity index (χ0) is 20.3. The third kappa shape index (κ3) is 4.37. The number of amides is 1. The van der Waals surface area contributed by atoms with Crippen LogP contribution in [0.1, 0.15) is 34.3 Å². The van der Waals surface area contributed by atoms with Crippen LogP contribution >= 0.6 is 11.6 Å². The van der Waals surface area contributed by atoms with Crippen molar-refractivity contribution in [3.63, 3.8) is 0 Å². The van der Waals surface area contributed by atoms with Gasteiger partial charge in [0.15, 0.2) is 5.69 Å². The number of aromatic nitrogens is 1. The molecule has 1 amide bonds. The van der Waals surface area contributed by atoms with Crippen molar-refractivity contribution in [3.8, 4) is 11.5 Å². The molecule has 0 bridgehead atoms. The van der Waals surface area contributed by atoms with Gasteiger partial charge in [0, 0.05) is 5.02 Å². The van der Waals surface area contributed by atoms with Gasteiger partial charge in [0.05, 0.1) is 18.0 Å². The molecule has 144 valence electrons. The Morgan fingerprint density at radius 1 is 1.21 bits per heavy atom. The fourth-order valence-corrected chi connectivity index (χ4v) is 2.83. The minimum atomic E-state index is -1.08. The van der Waals surface area contributed by atoms with Gasteiger partial charge in [-0.15, -0.1) is 0 Å². The molecule has 2 aromatic carbocycles. The topological polar surface area (TPSA) is 92.4 Å². The molecule has 1 aromatic heterocycles. The molecule has 0 aliphatic heterocycles. The average Bonchev–Trinajstić information content (AvgIpc) is 3.03. The zero-order valence-corrected chi connectivity index (χ0v) is 15.5. The molecule has 3 aromatic rings. The number of carbonyl (C=O) groups excluding carboxylic acids is 1. The van der Waals surface area contributed by atoms with Crippen molar-refractivity contribution >= 4 is 23.5 Å². The van der Waals surface area contributed by atoms with Crippen LogP contribution in [-0.2, 0) is 4.79 Å². The van der Waals surface area contributed by atoms with E-state index >= 15 is 0 Å². The molecule has 0 saturated carbocycles. The van der Waals surface area contributed by atoms with E-state index in [4.69, 9.17) is 21.1 Å². The fraction of sp³-hybridized carbons (Fsp3) is 0.150. The van der Waals surface area contributed by atoms with Crippen molar-refractivity contribution in [2.45, 2.75) is 19.4 Å². The minimum absolute atomic E-state index is 0.0259. The van der Waals surface area contributed by atoms with Gasteiger partial charge in [0.2, 0.25) is 5.89 Å². The Labute approximate surface area is 165 Å². The lowest BCUT2D eigenvalue weighted by molar-refractivity contribution is -0.137. The van der Waals surface area contributed by atoms with Crippen LogP contribution in [0.2, 0.25) is 5.02 Å². The number of hydrogen-bond acceptors (Lipinski definition) is 4. The molecule has 1 unspecified atom stereocenters. The van der Waals surface area contributed by atoms with Gasteiger partial charge in [0.25, 0.3) is 5.91 Å². The van der Waals surface area contributed by atoms with E-state index in [2.05, 4.69) is 10.3 Å². The van der Waals surface area contributed by atoms with E-state index in [0.29, 0.717) is 10.6 Å². The van der Waals surface area contributed by atoms with Gasteiger partial charge in [-0.3, -0.25) is 9.59 Å². The molecule has 1 atom stereocenters. The summed E-state index contributed by atoms with van der Waals surface area (Å²) in [6, 6.07) is 11.6. The average molecular weight is 403 g/mol. The first-order chi connectivity index (χ1) is 13.3. The van der Waals surface area contributed by atoms with Crippen molar-refractivity contribution in [3.05, 3.63) is 76.4 Å². The van der Waals surface area contributed by atoms with Crippen molar-refractivity contribution in [2.24, 2.45) is 0 Å². The summed E-state index contributed by atoms with van der Waals surface area (Å²) in [6.07, 6.45) is -0.329. The first-order valence-electron chi connectivity index (χ1n) is 8.35. The molecular formula is C20H16ClFN2O4. The Hall–Kier alpha value is -3.19. The molecular weight excluding hydrogens is 387 g/mol. The van der Waals surface area contributed by atoms with Gasteiger partial charge < -0.3 is 14.8 Å². The van der Waals surface area contributed by atoms with E-state index in [1.54, 1.807) is 30.3 Å². The monoisotopic (exact) mass is 402 g/mol. The first kappa shape index (κ1) is 19.6. The summed E-state index contributed by atoms with van der Waals surface area (Å²) >= 11 is 5.86. The highest BCUT2D eigenvalue weighted by Crippen LogP contribution is 2.25. The lowest BCUT2D eigenvalue weighted by atomic mass is 10.0. The smallest absolute Gasteiger partial charge is 0.305 e. The predicted octanol–water partition coefficient (Wildman–Crippen LogP) is 4.39. The summed E-state index contributed by atoms with van der Waals surface area (Å²) in [6.45, 7) is 1.53. The van der Waals surface area contributed by atoms with E-state index in [1.165, 1.54) is 25.1 Å². The largest absolute Gasteiger partial charge is 0.481 e. The quantitative estimate of drug-likeness (QED) is 0.638. The highest BCUT2D eigenvalue weighted by atomic mass is 35.5. The zero-order valence-electron chi connectivity index (χ0n) is 14.8. The third-order valence-corrected chi connectivity index (χ3v) is 4.32. The lowest BCUT2D eigenvalue weighted by Gasteiger charge is -2.17. The van der Waals surface area contributed by atoms with Crippen LogP contribution < -0.4 is 5.32 Å². The van der Waals surface area contributed by atoms with Gasteiger partial charge in [-0.25, -0.2) is 9.37 Å². The molecule has 0 aliphatic rings. The first-order valence-corrected chi connectivity index (χ1v) is 8.73. The Morgan fingerprint density at radius 3 is 2.54 bits per heavy atom. The Bertz CT molecular complexity index is 1020. The molecule has 1 heterocycles. The van der Waals surface area contributed by atoms with Crippen molar-refractivity contribution in [1.82, 2.24) is 10.3 Å². The number of rotatable bonds is 6. The number of aliphatic carboxylic acids is 1. The summed E-state index contributed by atoms with van der Waals surface area (Å²) in [5.74, 6) is -2.06. The summed E-state index contributed by atoms with van der Waals surface area (Å²) in [4.78, 5) is 28.0. The van der Waals surface area contributed by atoms with Gasteiger partial charge in [-0.2, -0.15) is 0 Å². The molecule has 8 heteroatoms. The van der Waals surface area contributed by atoms with E-state index < -0.39 is 23.7 Å². The Kier molecular flexibility index (Phi) is 5.75. The van der Waals surface area contributed by atoms with Crippen molar-refractivity contribution in [1.29, 1.82) is 0 Å². The number of aryl methyl sites for hydroxylation is 1. The number of benzene rings is 2. The van der Waals surface area contributed by atoms with Crippen molar-refractivity contribution < 1.29 is 23.5 Å². The highest BCUT2D eigenvalue weighted by molar-refractivity contribution is 6.30. The number of hydrogen-bond donors (Lipinski definition) is 2. The number of carboxylic acid groups (broad SMARTS) is 1. The molecule has 6 nitrogen and oxygen atoms in total. The molecule has 28 heavy (non-hydrogen) atoms. The summed E-state index contributed by atoms with van der Waals surface area (Å²) < 4.78 is 19.4. The SMILES string of the molecule is Cc1oc(-c2ccccc2F)nc1C(=O)NC(CC(=O)O)c1ccc(Cl)cc1. The van der Waals surface area contributed by atoms with Gasteiger partial charge in [-0.05, 0) is 36.8 Å². The van der Waals surface area contributed by atoms with Crippen LogP contribution in [0.3, 0.4) is 0 Å². The van der Waals surface area contributed by atoms with E-state index in [9.17, 15) is 14.0 Å². The van der Waals surface area contributed by atoms with Crippen LogP contribution in [0.4, 0.5) is 4.39 Å². The van der Waals surface area contributed by atoms with Crippen molar-refractivity contribution in [2.75, 3.05) is 0 Å². The Morgan fingerprint density at radius 2 is 1.89 bits per heavy atom. The number of nitrogens with one attached hydrogen (secondary N) is 1. The number of halogens is 2. The van der Waals surface area contributed by atoms with E-state index in [-0.39, 0.29) is 29.3 Å². The van der Waals surface area contributed by atoms with Crippen LogP contribution in [0.15, 0.2) is 52.9 Å². The minimum Gasteiger partial charge on any atom is -0.481 e. The van der Waals surface area contributed by atoms with Gasteiger partial charge in [0.1, 0.15) is 11.6 Å². The molecule has 2 N–H and O–H groups in total. The second-order valence-electron chi connectivity index (χ2n) is 6.08. The van der Waals surface area contributed by atoms with E-state index in [0.717, 1.165) is 0 Å². The van der Waals surface area contributed by atoms with Crippen LogP contribution in [0, 0.1) is 12.7 Å². The Balaban J connectivity index is 1.87. The maximum Gasteiger partial charge on any atom is 0.305 e. The molecule has 0 aliphatic carbocycles. The summed E-state index contributed by atoms with van der Waals surface area (Å²) in [7, 11) is 0. The fourth-order valence-electron chi connectivity index (χ4n) is 2.71. The normalized spacial score (nSPS) is 11.8.